The second-order valence-electron chi connectivity index (χ2n) is 3.30. The van der Waals surface area contributed by atoms with E-state index in [1.165, 1.54) is 11.1 Å². The topological polar surface area (TPSA) is 20.3 Å². The van der Waals surface area contributed by atoms with Crippen molar-refractivity contribution in [3.63, 3.8) is 0 Å². The SMILES string of the molecule is O=C(Cl)N1CCc2c(Br)cccc2C1. The number of carbonyl (C=O) groups is 1. The number of hydrogen-bond acceptors (Lipinski definition) is 1. The van der Waals surface area contributed by atoms with E-state index in [1.807, 2.05) is 18.2 Å². The van der Waals surface area contributed by atoms with Crippen LogP contribution in [0, 0.1) is 0 Å². The molecule has 0 N–H and O–H groups in total. The molecule has 1 amide bonds. The van der Waals surface area contributed by atoms with Gasteiger partial charge in [0.2, 0.25) is 0 Å². The molecule has 4 heteroatoms. The first-order chi connectivity index (χ1) is 6.68. The first-order valence-electron chi connectivity index (χ1n) is 4.39. The Balaban J connectivity index is 2.31. The van der Waals surface area contributed by atoms with Gasteiger partial charge in [0, 0.05) is 17.6 Å². The molecule has 1 aliphatic heterocycles. The molecule has 0 spiro atoms. The van der Waals surface area contributed by atoms with E-state index in [2.05, 4.69) is 15.9 Å². The van der Waals surface area contributed by atoms with Gasteiger partial charge in [-0.05, 0) is 35.2 Å². The van der Waals surface area contributed by atoms with Gasteiger partial charge in [0.25, 0.3) is 0 Å². The normalized spacial score (nSPS) is 15.1. The van der Waals surface area contributed by atoms with E-state index in [4.69, 9.17) is 11.6 Å². The number of hydrogen-bond donors (Lipinski definition) is 0. The van der Waals surface area contributed by atoms with Crippen LogP contribution in [0.1, 0.15) is 11.1 Å². The minimum atomic E-state index is -0.365. The van der Waals surface area contributed by atoms with E-state index >= 15 is 0 Å². The fourth-order valence-electron chi connectivity index (χ4n) is 1.71. The van der Waals surface area contributed by atoms with Crippen LogP contribution >= 0.6 is 27.5 Å². The summed E-state index contributed by atoms with van der Waals surface area (Å²) in [5.41, 5.74) is 2.47. The molecule has 0 unspecified atom stereocenters. The molecule has 0 radical (unpaired) electrons. The lowest BCUT2D eigenvalue weighted by atomic mass is 10.0. The van der Waals surface area contributed by atoms with Crippen LogP contribution in [0.15, 0.2) is 22.7 Å². The number of carbonyl (C=O) groups excluding carboxylic acids is 1. The average molecular weight is 275 g/mol. The third kappa shape index (κ3) is 1.79. The van der Waals surface area contributed by atoms with E-state index in [0.717, 1.165) is 10.9 Å². The van der Waals surface area contributed by atoms with Gasteiger partial charge in [-0.25, -0.2) is 0 Å². The second kappa shape index (κ2) is 3.91. The van der Waals surface area contributed by atoms with Crippen LogP contribution in [0.25, 0.3) is 0 Å². The van der Waals surface area contributed by atoms with Crippen molar-refractivity contribution in [3.05, 3.63) is 33.8 Å². The molecule has 0 bridgehead atoms. The molecular formula is C10H9BrClNO. The molecule has 1 heterocycles. The largest absolute Gasteiger partial charge is 0.325 e. The summed E-state index contributed by atoms with van der Waals surface area (Å²) >= 11 is 8.94. The minimum Gasteiger partial charge on any atom is -0.325 e. The van der Waals surface area contributed by atoms with Gasteiger partial charge in [0.1, 0.15) is 0 Å². The maximum atomic E-state index is 11.0. The van der Waals surface area contributed by atoms with Crippen molar-refractivity contribution in [3.8, 4) is 0 Å². The third-order valence-corrected chi connectivity index (χ3v) is 3.44. The number of fused-ring (bicyclic) bond motifs is 1. The van der Waals surface area contributed by atoms with Crippen molar-refractivity contribution >= 4 is 32.9 Å². The quantitative estimate of drug-likeness (QED) is 0.526. The first-order valence-corrected chi connectivity index (χ1v) is 5.56. The number of benzene rings is 1. The van der Waals surface area contributed by atoms with Crippen molar-refractivity contribution in [2.24, 2.45) is 0 Å². The lowest BCUT2D eigenvalue weighted by Crippen LogP contribution is -2.32. The van der Waals surface area contributed by atoms with Crippen molar-refractivity contribution in [1.29, 1.82) is 0 Å². The molecule has 1 aliphatic rings. The summed E-state index contributed by atoms with van der Waals surface area (Å²) in [6, 6.07) is 6.04. The minimum absolute atomic E-state index is 0.365. The second-order valence-corrected chi connectivity index (χ2v) is 4.48. The van der Waals surface area contributed by atoms with Crippen LogP contribution in [-0.2, 0) is 13.0 Å². The zero-order valence-electron chi connectivity index (χ0n) is 7.46. The maximum Gasteiger partial charge on any atom is 0.316 e. The Morgan fingerprint density at radius 1 is 1.50 bits per heavy atom. The highest BCUT2D eigenvalue weighted by atomic mass is 79.9. The predicted molar refractivity (Wildman–Crippen MR) is 59.5 cm³/mol. The highest BCUT2D eigenvalue weighted by Gasteiger charge is 2.20. The molecule has 0 saturated carbocycles. The first kappa shape index (κ1) is 9.99. The van der Waals surface area contributed by atoms with Crippen LogP contribution in [0.2, 0.25) is 0 Å². The van der Waals surface area contributed by atoms with Crippen LogP contribution < -0.4 is 0 Å². The summed E-state index contributed by atoms with van der Waals surface area (Å²) < 4.78 is 1.12. The zero-order valence-corrected chi connectivity index (χ0v) is 9.81. The molecule has 2 nitrogen and oxygen atoms in total. The fraction of sp³-hybridized carbons (Fsp3) is 0.300. The molecule has 0 aliphatic carbocycles. The van der Waals surface area contributed by atoms with Gasteiger partial charge in [-0.3, -0.25) is 4.79 Å². The highest BCUT2D eigenvalue weighted by molar-refractivity contribution is 9.10. The smallest absolute Gasteiger partial charge is 0.316 e. The van der Waals surface area contributed by atoms with Crippen molar-refractivity contribution in [2.75, 3.05) is 6.54 Å². The molecule has 1 aromatic carbocycles. The summed E-state index contributed by atoms with van der Waals surface area (Å²) in [7, 11) is 0. The Labute approximate surface area is 96.0 Å². The molecule has 2 rings (SSSR count). The standard InChI is InChI=1S/C10H9BrClNO/c11-9-3-1-2-7-6-13(10(12)14)5-4-8(7)9/h1-3H,4-6H2. The highest BCUT2D eigenvalue weighted by Crippen LogP contribution is 2.26. The lowest BCUT2D eigenvalue weighted by Gasteiger charge is -2.27. The fourth-order valence-corrected chi connectivity index (χ4v) is 2.46. The summed E-state index contributed by atoms with van der Waals surface area (Å²) in [5, 5.41) is -0.365. The molecule has 14 heavy (non-hydrogen) atoms. The number of nitrogens with zero attached hydrogens (tertiary/aromatic N) is 1. The van der Waals surface area contributed by atoms with E-state index in [9.17, 15) is 4.79 Å². The average Bonchev–Trinajstić information content (AvgIpc) is 2.17. The van der Waals surface area contributed by atoms with Gasteiger partial charge < -0.3 is 4.90 Å². The van der Waals surface area contributed by atoms with Crippen molar-refractivity contribution in [2.45, 2.75) is 13.0 Å². The summed E-state index contributed by atoms with van der Waals surface area (Å²) in [4.78, 5) is 12.6. The van der Waals surface area contributed by atoms with E-state index < -0.39 is 0 Å². The Bertz CT molecular complexity index is 380. The van der Waals surface area contributed by atoms with Crippen LogP contribution in [0.5, 0.6) is 0 Å². The third-order valence-electron chi connectivity index (χ3n) is 2.46. The summed E-state index contributed by atoms with van der Waals surface area (Å²) in [6.07, 6.45) is 0.870. The number of rotatable bonds is 0. The molecule has 0 fully saturated rings. The Morgan fingerprint density at radius 3 is 3.00 bits per heavy atom. The van der Waals surface area contributed by atoms with Gasteiger partial charge in [-0.1, -0.05) is 28.1 Å². The summed E-state index contributed by atoms with van der Waals surface area (Å²) in [6.45, 7) is 1.33. The maximum absolute atomic E-state index is 11.0. The number of halogens is 2. The lowest BCUT2D eigenvalue weighted by molar-refractivity contribution is 0.216. The monoisotopic (exact) mass is 273 g/mol. The van der Waals surface area contributed by atoms with Gasteiger partial charge in [0.15, 0.2) is 0 Å². The Hall–Kier alpha value is -0.540. The van der Waals surface area contributed by atoms with Gasteiger partial charge in [-0.15, -0.1) is 0 Å². The number of amides is 1. The Kier molecular flexibility index (Phi) is 2.79. The predicted octanol–water partition coefficient (Wildman–Crippen LogP) is 3.17. The van der Waals surface area contributed by atoms with Gasteiger partial charge in [0.05, 0.1) is 0 Å². The van der Waals surface area contributed by atoms with Gasteiger partial charge in [-0.2, -0.15) is 0 Å². The van der Waals surface area contributed by atoms with E-state index in [-0.39, 0.29) is 5.37 Å². The van der Waals surface area contributed by atoms with Crippen molar-refractivity contribution in [1.82, 2.24) is 4.90 Å². The molecule has 0 saturated heterocycles. The van der Waals surface area contributed by atoms with E-state index in [1.54, 1.807) is 4.90 Å². The van der Waals surface area contributed by atoms with Crippen LogP contribution in [0.4, 0.5) is 4.79 Å². The van der Waals surface area contributed by atoms with E-state index in [0.29, 0.717) is 13.1 Å². The Morgan fingerprint density at radius 2 is 2.29 bits per heavy atom. The summed E-state index contributed by atoms with van der Waals surface area (Å²) in [5.74, 6) is 0. The molecular weight excluding hydrogens is 265 g/mol. The van der Waals surface area contributed by atoms with Crippen LogP contribution in [0.3, 0.4) is 0 Å². The molecule has 1 aromatic rings. The zero-order chi connectivity index (χ0) is 10.1. The molecule has 0 atom stereocenters. The van der Waals surface area contributed by atoms with Crippen molar-refractivity contribution < 1.29 is 4.79 Å². The van der Waals surface area contributed by atoms with Crippen LogP contribution in [-0.4, -0.2) is 16.8 Å². The van der Waals surface area contributed by atoms with Gasteiger partial charge >= 0.3 is 5.37 Å². The molecule has 74 valence electrons. The molecule has 0 aromatic heterocycles.